The molecule has 0 aromatic carbocycles. The molecule has 2 unspecified atom stereocenters. The van der Waals surface area contributed by atoms with Gasteiger partial charge in [0.2, 0.25) is 5.91 Å². The highest BCUT2D eigenvalue weighted by Gasteiger charge is 2.17. The predicted octanol–water partition coefficient (Wildman–Crippen LogP) is 8.22. The summed E-state index contributed by atoms with van der Waals surface area (Å²) >= 11 is 0. The minimum absolute atomic E-state index is 0.112. The number of amides is 1. The molecule has 0 aliphatic rings. The lowest BCUT2D eigenvalue weighted by atomic mass is 10.1. The second-order valence-electron chi connectivity index (χ2n) is 9.42. The van der Waals surface area contributed by atoms with Crippen LogP contribution in [0, 0.1) is 0 Å². The normalized spacial score (nSPS) is 14.5. The van der Waals surface area contributed by atoms with Gasteiger partial charge in [0.05, 0.1) is 18.8 Å². The molecular weight excluding hydrogens is 470 g/mol. The largest absolute Gasteiger partial charge is 0.394 e. The summed E-state index contributed by atoms with van der Waals surface area (Å²) in [5.41, 5.74) is 0. The lowest BCUT2D eigenvalue weighted by Gasteiger charge is -2.19. The number of aliphatic hydroxyl groups is 2. The molecule has 1 amide bonds. The van der Waals surface area contributed by atoms with E-state index >= 15 is 0 Å². The molecule has 4 heteroatoms. The Morgan fingerprint density at radius 1 is 0.684 bits per heavy atom. The highest BCUT2D eigenvalue weighted by Crippen LogP contribution is 2.07. The number of allylic oxidation sites excluding steroid dienone is 13. The molecular formula is C34H55NO3. The number of unbranched alkanes of at least 4 members (excludes halogenated alkanes) is 6. The van der Waals surface area contributed by atoms with Gasteiger partial charge in [-0.2, -0.15) is 0 Å². The second-order valence-corrected chi connectivity index (χ2v) is 9.42. The molecule has 0 radical (unpaired) electrons. The summed E-state index contributed by atoms with van der Waals surface area (Å²) in [6.45, 7) is 3.89. The number of hydrogen-bond acceptors (Lipinski definition) is 3. The van der Waals surface area contributed by atoms with Crippen molar-refractivity contribution in [3.63, 3.8) is 0 Å². The number of hydrogen-bond donors (Lipinski definition) is 3. The van der Waals surface area contributed by atoms with Crippen molar-refractivity contribution in [1.29, 1.82) is 0 Å². The van der Waals surface area contributed by atoms with E-state index in [0.29, 0.717) is 6.42 Å². The Balaban J connectivity index is 3.82. The number of carbonyl (C=O) groups excluding carboxylic acids is 1. The summed E-state index contributed by atoms with van der Waals surface area (Å²) in [6.07, 6.45) is 42.4. The third kappa shape index (κ3) is 25.2. The van der Waals surface area contributed by atoms with Gasteiger partial charge in [-0.1, -0.05) is 105 Å². The fraction of sp³-hybridized carbons (Fsp3) is 0.559. The van der Waals surface area contributed by atoms with Crippen LogP contribution in [0.25, 0.3) is 0 Å². The van der Waals surface area contributed by atoms with Crippen LogP contribution in [0.4, 0.5) is 0 Å². The van der Waals surface area contributed by atoms with Gasteiger partial charge in [-0.15, -0.1) is 0 Å². The third-order valence-corrected chi connectivity index (χ3v) is 5.93. The van der Waals surface area contributed by atoms with Gasteiger partial charge in [-0.05, 0) is 77.6 Å². The molecule has 38 heavy (non-hydrogen) atoms. The van der Waals surface area contributed by atoms with Crippen LogP contribution < -0.4 is 5.32 Å². The van der Waals surface area contributed by atoms with E-state index in [-0.39, 0.29) is 12.5 Å². The lowest BCUT2D eigenvalue weighted by molar-refractivity contribution is -0.123. The fourth-order valence-electron chi connectivity index (χ4n) is 3.67. The molecule has 0 aliphatic heterocycles. The maximum atomic E-state index is 12.2. The maximum Gasteiger partial charge on any atom is 0.220 e. The zero-order chi connectivity index (χ0) is 27.9. The molecule has 0 rings (SSSR count). The molecule has 214 valence electrons. The first-order chi connectivity index (χ1) is 18.7. The maximum absolute atomic E-state index is 12.2. The third-order valence-electron chi connectivity index (χ3n) is 5.93. The van der Waals surface area contributed by atoms with Crippen molar-refractivity contribution < 1.29 is 15.0 Å². The molecule has 0 saturated carbocycles. The van der Waals surface area contributed by atoms with Gasteiger partial charge in [-0.3, -0.25) is 4.79 Å². The summed E-state index contributed by atoms with van der Waals surface area (Å²) in [4.78, 5) is 12.2. The molecule has 2 atom stereocenters. The van der Waals surface area contributed by atoms with Crippen molar-refractivity contribution in [2.75, 3.05) is 6.61 Å². The van der Waals surface area contributed by atoms with Crippen LogP contribution in [-0.2, 0) is 4.79 Å². The van der Waals surface area contributed by atoms with E-state index in [1.54, 1.807) is 6.08 Å². The summed E-state index contributed by atoms with van der Waals surface area (Å²) in [5, 5.41) is 22.6. The topological polar surface area (TPSA) is 69.6 Å². The molecule has 0 aromatic heterocycles. The smallest absolute Gasteiger partial charge is 0.220 e. The Labute approximate surface area is 233 Å². The van der Waals surface area contributed by atoms with Gasteiger partial charge in [0, 0.05) is 6.42 Å². The highest BCUT2D eigenvalue weighted by molar-refractivity contribution is 5.76. The molecule has 0 aliphatic carbocycles. The zero-order valence-electron chi connectivity index (χ0n) is 24.1. The van der Waals surface area contributed by atoms with E-state index in [1.165, 1.54) is 0 Å². The molecule has 0 bridgehead atoms. The van der Waals surface area contributed by atoms with Crippen LogP contribution in [0.1, 0.15) is 104 Å². The van der Waals surface area contributed by atoms with Crippen LogP contribution in [0.5, 0.6) is 0 Å². The van der Waals surface area contributed by atoms with E-state index in [4.69, 9.17) is 0 Å². The quantitative estimate of drug-likeness (QED) is 0.0878. The van der Waals surface area contributed by atoms with Crippen molar-refractivity contribution in [1.82, 2.24) is 5.32 Å². The van der Waals surface area contributed by atoms with Crippen LogP contribution in [-0.4, -0.2) is 34.9 Å². The number of nitrogens with one attached hydrogen (secondary N) is 1. The minimum atomic E-state index is -0.881. The van der Waals surface area contributed by atoms with Gasteiger partial charge >= 0.3 is 0 Å². The van der Waals surface area contributed by atoms with E-state index in [0.717, 1.165) is 83.5 Å². The van der Waals surface area contributed by atoms with Crippen molar-refractivity contribution in [2.24, 2.45) is 0 Å². The molecule has 0 heterocycles. The monoisotopic (exact) mass is 525 g/mol. The molecule has 0 fully saturated rings. The average molecular weight is 526 g/mol. The van der Waals surface area contributed by atoms with Crippen LogP contribution in [0.15, 0.2) is 85.1 Å². The number of carbonyl (C=O) groups is 1. The summed E-state index contributed by atoms with van der Waals surface area (Å²) < 4.78 is 0. The minimum Gasteiger partial charge on any atom is -0.394 e. The van der Waals surface area contributed by atoms with Crippen LogP contribution in [0.2, 0.25) is 0 Å². The first-order valence-corrected chi connectivity index (χ1v) is 14.8. The average Bonchev–Trinajstić information content (AvgIpc) is 2.92. The van der Waals surface area contributed by atoms with Crippen molar-refractivity contribution in [2.45, 2.75) is 116 Å². The number of aliphatic hydroxyl groups excluding tert-OH is 2. The van der Waals surface area contributed by atoms with Gasteiger partial charge in [-0.25, -0.2) is 0 Å². The molecule has 0 saturated heterocycles. The molecule has 0 aromatic rings. The van der Waals surface area contributed by atoms with Gasteiger partial charge < -0.3 is 15.5 Å². The Morgan fingerprint density at radius 3 is 1.82 bits per heavy atom. The molecule has 0 spiro atoms. The van der Waals surface area contributed by atoms with Gasteiger partial charge in [0.1, 0.15) is 0 Å². The fourth-order valence-corrected chi connectivity index (χ4v) is 3.67. The van der Waals surface area contributed by atoms with Crippen molar-refractivity contribution in [3.05, 3.63) is 85.1 Å². The first kappa shape index (κ1) is 35.6. The first-order valence-electron chi connectivity index (χ1n) is 14.8. The highest BCUT2D eigenvalue weighted by atomic mass is 16.3. The standard InChI is InChI=1S/C34H55NO3/c1-3-5-7-9-11-13-14-15-16-17-18-19-20-22-24-26-28-30-34(38)35-32(31-36)33(37)29-27-25-23-21-12-10-8-6-4-2/h4-7,11-13,15-16,18-19,21,27,29,32-33,36-37H,3,8-10,14,17,20,22-26,28,30-31H2,1-2H3,(H,35,38)/b6-4+,7-5-,13-11-,16-15-,19-18-,21-12+,29-27+. The van der Waals surface area contributed by atoms with Crippen molar-refractivity contribution >= 4 is 5.91 Å². The molecule has 4 nitrogen and oxygen atoms in total. The SMILES string of the molecule is C/C=C/CC/C=C/CC/C=C/C(O)C(CO)NC(=O)CCCCCC/C=C\C/C=C\C/C=C\C/C=C\CC. The van der Waals surface area contributed by atoms with Gasteiger partial charge in [0.15, 0.2) is 0 Å². The van der Waals surface area contributed by atoms with E-state index in [1.807, 2.05) is 13.0 Å². The Morgan fingerprint density at radius 2 is 1.21 bits per heavy atom. The Hall–Kier alpha value is -2.43. The molecule has 3 N–H and O–H groups in total. The zero-order valence-corrected chi connectivity index (χ0v) is 24.1. The lowest BCUT2D eigenvalue weighted by Crippen LogP contribution is -2.45. The summed E-state index contributed by atoms with van der Waals surface area (Å²) in [5.74, 6) is -0.112. The van der Waals surface area contributed by atoms with Crippen molar-refractivity contribution in [3.8, 4) is 0 Å². The van der Waals surface area contributed by atoms with Crippen LogP contribution in [0.3, 0.4) is 0 Å². The Bertz CT molecular complexity index is 743. The summed E-state index contributed by atoms with van der Waals surface area (Å²) in [6, 6.07) is -0.659. The van der Waals surface area contributed by atoms with Gasteiger partial charge in [0.25, 0.3) is 0 Å². The number of rotatable bonds is 24. The van der Waals surface area contributed by atoms with E-state index in [9.17, 15) is 15.0 Å². The predicted molar refractivity (Wildman–Crippen MR) is 165 cm³/mol. The van der Waals surface area contributed by atoms with E-state index < -0.39 is 12.1 Å². The van der Waals surface area contributed by atoms with Crippen LogP contribution >= 0.6 is 0 Å². The van der Waals surface area contributed by atoms with E-state index in [2.05, 4.69) is 85.2 Å². The summed E-state index contributed by atoms with van der Waals surface area (Å²) in [7, 11) is 0. The second kappa shape index (κ2) is 29.1. The Kier molecular flexibility index (Phi) is 27.3.